The molecule has 0 saturated carbocycles. The van der Waals surface area contributed by atoms with Crippen molar-refractivity contribution < 1.29 is 9.47 Å². The van der Waals surface area contributed by atoms with E-state index in [1.54, 1.807) is 31.5 Å². The van der Waals surface area contributed by atoms with Crippen LogP contribution in [-0.4, -0.2) is 68.6 Å². The number of benzene rings is 1. The molecule has 1 atom stereocenters. The van der Waals surface area contributed by atoms with E-state index in [2.05, 4.69) is 93.4 Å². The van der Waals surface area contributed by atoms with Gasteiger partial charge in [-0.3, -0.25) is 4.99 Å². The average molecular weight is 600 g/mol. The molecule has 1 aromatic carbocycles. The Morgan fingerprint density at radius 2 is 1.74 bits per heavy atom. The topological polar surface area (TPSA) is 70.8 Å². The second-order valence-electron chi connectivity index (χ2n) is 10.2. The van der Waals surface area contributed by atoms with Gasteiger partial charge >= 0.3 is 0 Å². The lowest BCUT2D eigenvalue weighted by Crippen LogP contribution is -2.11. The van der Waals surface area contributed by atoms with Crippen LogP contribution in [0.3, 0.4) is 0 Å². The molecule has 7 nitrogen and oxygen atoms in total. The van der Waals surface area contributed by atoms with Gasteiger partial charge in [0.25, 0.3) is 0 Å². The zero-order chi connectivity index (χ0) is 31.9. The number of methoxy groups -OCH3 is 1. The SMILES string of the molecule is CCCC(=NC(C)CO/C(C)=C/C(C)=N/C=N\C(Nc1ccc(CC)c(CC)c1)=C(C)\C=C\OC)SC.CCN(C)C. The van der Waals surface area contributed by atoms with Gasteiger partial charge in [-0.15, -0.1) is 11.8 Å². The number of ether oxygens (including phenoxy) is 2. The van der Waals surface area contributed by atoms with Crippen LogP contribution in [0.15, 0.2) is 68.7 Å². The highest BCUT2D eigenvalue weighted by molar-refractivity contribution is 8.13. The van der Waals surface area contributed by atoms with E-state index in [1.165, 1.54) is 16.2 Å². The summed E-state index contributed by atoms with van der Waals surface area (Å²) in [6, 6.07) is 6.57. The Balaban J connectivity index is 0.00000308. The molecule has 0 saturated heterocycles. The third-order valence-electron chi connectivity index (χ3n) is 6.17. The Morgan fingerprint density at radius 1 is 1.07 bits per heavy atom. The molecule has 0 spiro atoms. The number of nitrogens with zero attached hydrogens (tertiary/aromatic N) is 4. The molecule has 0 amide bonds. The van der Waals surface area contributed by atoms with E-state index in [-0.39, 0.29) is 6.04 Å². The van der Waals surface area contributed by atoms with Gasteiger partial charge in [0.1, 0.15) is 18.8 Å². The molecule has 0 aliphatic heterocycles. The molecule has 0 radical (unpaired) electrons. The van der Waals surface area contributed by atoms with E-state index in [9.17, 15) is 0 Å². The number of hydrogen-bond acceptors (Lipinski definition) is 7. The Morgan fingerprint density at radius 3 is 2.29 bits per heavy atom. The summed E-state index contributed by atoms with van der Waals surface area (Å²) in [5.74, 6) is 1.51. The Hall–Kier alpha value is -2.84. The number of nitrogens with one attached hydrogen (secondary N) is 1. The second kappa shape index (κ2) is 23.7. The average Bonchev–Trinajstić information content (AvgIpc) is 2.98. The summed E-state index contributed by atoms with van der Waals surface area (Å²) in [7, 11) is 5.74. The molecule has 42 heavy (non-hydrogen) atoms. The monoisotopic (exact) mass is 599 g/mol. The summed E-state index contributed by atoms with van der Waals surface area (Å²) < 4.78 is 11.0. The molecule has 1 N–H and O–H groups in total. The van der Waals surface area contributed by atoms with Crippen LogP contribution in [0.1, 0.15) is 79.4 Å². The molecular weight excluding hydrogens is 542 g/mol. The minimum atomic E-state index is 0.109. The normalized spacial score (nSPS) is 14.2. The molecule has 0 aliphatic carbocycles. The van der Waals surface area contributed by atoms with Crippen LogP contribution in [0.5, 0.6) is 0 Å². The number of thioether (sulfide) groups is 1. The van der Waals surface area contributed by atoms with Gasteiger partial charge < -0.3 is 19.7 Å². The van der Waals surface area contributed by atoms with Crippen molar-refractivity contribution in [3.8, 4) is 0 Å². The zero-order valence-electron chi connectivity index (χ0n) is 28.4. The quantitative estimate of drug-likeness (QED) is 0.0892. The first-order valence-electron chi connectivity index (χ1n) is 15.0. The zero-order valence-corrected chi connectivity index (χ0v) is 29.2. The highest BCUT2D eigenvalue weighted by atomic mass is 32.2. The number of aliphatic imine (C=N–C) groups is 3. The fraction of sp³-hybridized carbons (Fsp3) is 0.559. The van der Waals surface area contributed by atoms with E-state index < -0.39 is 0 Å². The maximum atomic E-state index is 5.90. The van der Waals surface area contributed by atoms with Gasteiger partial charge in [0.15, 0.2) is 0 Å². The molecule has 1 rings (SSSR count). The van der Waals surface area contributed by atoms with Gasteiger partial charge in [0.05, 0.1) is 30.2 Å². The molecule has 0 aromatic heterocycles. The molecule has 0 aliphatic rings. The van der Waals surface area contributed by atoms with Gasteiger partial charge in [0.2, 0.25) is 0 Å². The largest absolute Gasteiger partial charge is 0.504 e. The molecule has 0 heterocycles. The highest BCUT2D eigenvalue weighted by Crippen LogP contribution is 2.20. The number of anilines is 1. The van der Waals surface area contributed by atoms with Gasteiger partial charge in [0, 0.05) is 11.4 Å². The smallest absolute Gasteiger partial charge is 0.135 e. The van der Waals surface area contributed by atoms with Gasteiger partial charge in [-0.1, -0.05) is 40.2 Å². The maximum absolute atomic E-state index is 5.90. The molecular formula is C34H57N5O2S. The van der Waals surface area contributed by atoms with Crippen LogP contribution in [0.2, 0.25) is 0 Å². The van der Waals surface area contributed by atoms with Gasteiger partial charge in [-0.05, 0) is 115 Å². The fourth-order valence-electron chi connectivity index (χ4n) is 3.52. The van der Waals surface area contributed by atoms with Crippen LogP contribution in [-0.2, 0) is 22.3 Å². The summed E-state index contributed by atoms with van der Waals surface area (Å²) in [5, 5.41) is 4.62. The minimum Gasteiger partial charge on any atom is -0.504 e. The standard InChI is InChI=1S/C30H46N4O2S.C4H11N/c1-10-13-29(37-9)33-24(6)20-36-25(7)18-23(5)31-21-32-30(22(4)16-17-35-8)34-28-15-14-26(11-2)27(12-3)19-28;1-4-5(2)3/h14-19,21,24,34H,10-13,20H2,1-9H3;4H2,1-3H3/b17-16+,25-18+,30-22-,31-23+,32-21-,33-29?;. The first-order chi connectivity index (χ1) is 20.0. The summed E-state index contributed by atoms with van der Waals surface area (Å²) >= 11 is 1.72. The van der Waals surface area contributed by atoms with E-state index >= 15 is 0 Å². The van der Waals surface area contributed by atoms with Crippen LogP contribution in [0.25, 0.3) is 0 Å². The first kappa shape index (κ1) is 39.2. The van der Waals surface area contributed by atoms with Crippen molar-refractivity contribution in [1.29, 1.82) is 0 Å². The number of rotatable bonds is 16. The van der Waals surface area contributed by atoms with Crippen molar-refractivity contribution in [2.75, 3.05) is 45.9 Å². The summed E-state index contributed by atoms with van der Waals surface area (Å²) in [5.41, 5.74) is 5.44. The van der Waals surface area contributed by atoms with E-state index in [4.69, 9.17) is 14.5 Å². The van der Waals surface area contributed by atoms with Crippen molar-refractivity contribution >= 4 is 34.5 Å². The summed E-state index contributed by atoms with van der Waals surface area (Å²) in [6.07, 6.45) is 13.2. The molecule has 1 aromatic rings. The third-order valence-corrected chi connectivity index (χ3v) is 6.95. The molecule has 8 heteroatoms. The Kier molecular flexibility index (Phi) is 22.1. The fourth-order valence-corrected chi connectivity index (χ4v) is 4.21. The highest BCUT2D eigenvalue weighted by Gasteiger charge is 2.06. The van der Waals surface area contributed by atoms with Crippen molar-refractivity contribution in [2.24, 2.45) is 15.0 Å². The van der Waals surface area contributed by atoms with Crippen molar-refractivity contribution in [3.63, 3.8) is 0 Å². The van der Waals surface area contributed by atoms with Crippen molar-refractivity contribution in [1.82, 2.24) is 4.90 Å². The predicted molar refractivity (Wildman–Crippen MR) is 189 cm³/mol. The van der Waals surface area contributed by atoms with E-state index in [1.807, 2.05) is 32.9 Å². The minimum absolute atomic E-state index is 0.109. The van der Waals surface area contributed by atoms with Crippen molar-refractivity contribution in [2.45, 2.75) is 87.1 Å². The van der Waals surface area contributed by atoms with Crippen LogP contribution in [0.4, 0.5) is 5.69 Å². The summed E-state index contributed by atoms with van der Waals surface area (Å²) in [6.45, 7) is 18.3. The number of aryl methyl sites for hydroxylation is 2. The van der Waals surface area contributed by atoms with E-state index in [0.717, 1.165) is 55.0 Å². The van der Waals surface area contributed by atoms with Crippen LogP contribution in [0, 0.1) is 0 Å². The van der Waals surface area contributed by atoms with Gasteiger partial charge in [-0.2, -0.15) is 0 Å². The number of allylic oxidation sites excluding steroid dienone is 4. The second-order valence-corrected chi connectivity index (χ2v) is 11.1. The molecule has 236 valence electrons. The Labute approximate surface area is 261 Å². The van der Waals surface area contributed by atoms with Crippen LogP contribution >= 0.6 is 11.8 Å². The van der Waals surface area contributed by atoms with E-state index in [0.29, 0.717) is 12.4 Å². The maximum Gasteiger partial charge on any atom is 0.135 e. The Bertz CT molecular complexity index is 1090. The first-order valence-corrected chi connectivity index (χ1v) is 16.2. The molecule has 1 unspecified atom stereocenters. The molecule has 0 bridgehead atoms. The van der Waals surface area contributed by atoms with Crippen molar-refractivity contribution in [3.05, 3.63) is 64.9 Å². The van der Waals surface area contributed by atoms with Crippen LogP contribution < -0.4 is 5.32 Å². The lowest BCUT2D eigenvalue weighted by molar-refractivity contribution is 0.201. The lowest BCUT2D eigenvalue weighted by atomic mass is 10.0. The third kappa shape index (κ3) is 17.9. The number of hydrogen-bond donors (Lipinski definition) is 1. The predicted octanol–water partition coefficient (Wildman–Crippen LogP) is 8.54. The summed E-state index contributed by atoms with van der Waals surface area (Å²) in [4.78, 5) is 16.0. The van der Waals surface area contributed by atoms with Gasteiger partial charge in [-0.25, -0.2) is 9.98 Å². The lowest BCUT2D eigenvalue weighted by Gasteiger charge is -2.12. The molecule has 0 fully saturated rings.